The van der Waals surface area contributed by atoms with E-state index in [0.29, 0.717) is 12.1 Å². The average Bonchev–Trinajstić information content (AvgIpc) is 3.21. The molecule has 1 heterocycles. The van der Waals surface area contributed by atoms with Crippen molar-refractivity contribution in [1.82, 2.24) is 0 Å². The zero-order chi connectivity index (χ0) is 22.7. The van der Waals surface area contributed by atoms with Crippen molar-refractivity contribution in [2.24, 2.45) is 0 Å². The molecular weight excluding hydrogens is 412 g/mol. The second kappa shape index (κ2) is 9.07. The molecule has 0 radical (unpaired) electrons. The molecule has 32 heavy (non-hydrogen) atoms. The van der Waals surface area contributed by atoms with Crippen molar-refractivity contribution in [3.05, 3.63) is 93.5 Å². The molecule has 0 fully saturated rings. The minimum absolute atomic E-state index is 0.0103. The SMILES string of the molecule is COc1cc(C(=O)N2c3ccccc3C[C@H]2C[OH2+])c([N+](=O)[O-])cc1OCc1ccccc1. The zero-order valence-electron chi connectivity index (χ0n) is 17.5. The molecule has 0 aromatic heterocycles. The number of para-hydroxylation sites is 1. The molecule has 1 amide bonds. The number of nitro benzene ring substituents is 1. The molecule has 3 aromatic carbocycles. The molecular formula is C24H23N2O6+. The fourth-order valence-electron chi connectivity index (χ4n) is 3.91. The molecule has 1 aliphatic heterocycles. The van der Waals surface area contributed by atoms with Gasteiger partial charge >= 0.3 is 0 Å². The van der Waals surface area contributed by atoms with E-state index in [4.69, 9.17) is 14.6 Å². The van der Waals surface area contributed by atoms with Gasteiger partial charge in [-0.15, -0.1) is 0 Å². The number of hydrogen-bond acceptors (Lipinski definition) is 5. The maximum absolute atomic E-state index is 13.5. The Bertz CT molecular complexity index is 1150. The van der Waals surface area contributed by atoms with Gasteiger partial charge < -0.3 is 14.6 Å². The van der Waals surface area contributed by atoms with Crippen molar-refractivity contribution in [2.75, 3.05) is 18.6 Å². The second-order valence-corrected chi connectivity index (χ2v) is 7.42. The maximum atomic E-state index is 13.5. The molecule has 3 aromatic rings. The Morgan fingerprint density at radius 3 is 2.53 bits per heavy atom. The fourth-order valence-corrected chi connectivity index (χ4v) is 3.91. The minimum atomic E-state index is -0.597. The fraction of sp³-hybridized carbons (Fsp3) is 0.208. The van der Waals surface area contributed by atoms with Crippen molar-refractivity contribution >= 4 is 17.3 Å². The van der Waals surface area contributed by atoms with Gasteiger partial charge in [0.15, 0.2) is 18.1 Å². The summed E-state index contributed by atoms with van der Waals surface area (Å²) in [7, 11) is 1.42. The first kappa shape index (κ1) is 21.3. The monoisotopic (exact) mass is 435 g/mol. The summed E-state index contributed by atoms with van der Waals surface area (Å²) in [6.07, 6.45) is 0.536. The number of methoxy groups -OCH3 is 1. The number of nitro groups is 1. The van der Waals surface area contributed by atoms with Crippen molar-refractivity contribution in [2.45, 2.75) is 19.1 Å². The Labute approximate surface area is 184 Å². The van der Waals surface area contributed by atoms with Gasteiger partial charge in [-0.05, 0) is 17.2 Å². The van der Waals surface area contributed by atoms with Crippen LogP contribution in [-0.4, -0.2) is 35.7 Å². The van der Waals surface area contributed by atoms with Gasteiger partial charge in [-0.25, -0.2) is 0 Å². The van der Waals surface area contributed by atoms with E-state index >= 15 is 0 Å². The van der Waals surface area contributed by atoms with Crippen molar-refractivity contribution in [1.29, 1.82) is 0 Å². The van der Waals surface area contributed by atoms with Crippen LogP contribution in [0.5, 0.6) is 11.5 Å². The number of carbonyl (C=O) groups excluding carboxylic acids is 1. The van der Waals surface area contributed by atoms with Crippen LogP contribution in [0.1, 0.15) is 21.5 Å². The molecule has 164 valence electrons. The van der Waals surface area contributed by atoms with Crippen LogP contribution in [0.25, 0.3) is 0 Å². The van der Waals surface area contributed by atoms with Crippen LogP contribution in [-0.2, 0) is 13.0 Å². The Balaban J connectivity index is 1.72. The van der Waals surface area contributed by atoms with Gasteiger partial charge in [0.1, 0.15) is 18.2 Å². The molecule has 0 aliphatic carbocycles. The quantitative estimate of drug-likeness (QED) is 0.321. The van der Waals surface area contributed by atoms with Crippen LogP contribution in [0.4, 0.5) is 11.4 Å². The number of carbonyl (C=O) groups is 1. The molecule has 1 aliphatic rings. The lowest BCUT2D eigenvalue weighted by Gasteiger charge is -2.23. The van der Waals surface area contributed by atoms with Crippen LogP contribution in [0.3, 0.4) is 0 Å². The number of rotatable bonds is 7. The zero-order valence-corrected chi connectivity index (χ0v) is 17.5. The molecule has 0 bridgehead atoms. The van der Waals surface area contributed by atoms with Gasteiger partial charge in [-0.2, -0.15) is 0 Å². The third-order valence-corrected chi connectivity index (χ3v) is 5.47. The highest BCUT2D eigenvalue weighted by molar-refractivity contribution is 6.10. The normalized spacial score (nSPS) is 14.7. The van der Waals surface area contributed by atoms with E-state index in [-0.39, 0.29) is 42.0 Å². The lowest BCUT2D eigenvalue weighted by Crippen LogP contribution is -2.40. The first-order valence-corrected chi connectivity index (χ1v) is 10.1. The summed E-state index contributed by atoms with van der Waals surface area (Å²) in [6, 6.07) is 19.0. The summed E-state index contributed by atoms with van der Waals surface area (Å²) < 4.78 is 11.2. The third kappa shape index (κ3) is 4.00. The summed E-state index contributed by atoms with van der Waals surface area (Å²) in [6.45, 7) is 0.186. The Morgan fingerprint density at radius 2 is 1.84 bits per heavy atom. The van der Waals surface area contributed by atoms with Gasteiger partial charge in [0.2, 0.25) is 0 Å². The Hall–Kier alpha value is -3.91. The number of ether oxygens (including phenoxy) is 2. The molecule has 2 N–H and O–H groups in total. The van der Waals surface area contributed by atoms with E-state index in [1.165, 1.54) is 24.1 Å². The van der Waals surface area contributed by atoms with Crippen LogP contribution >= 0.6 is 0 Å². The van der Waals surface area contributed by atoms with Crippen LogP contribution in [0, 0.1) is 10.1 Å². The van der Waals surface area contributed by atoms with E-state index in [1.54, 1.807) is 12.1 Å². The predicted molar refractivity (Wildman–Crippen MR) is 120 cm³/mol. The van der Waals surface area contributed by atoms with Gasteiger partial charge in [0.05, 0.1) is 18.1 Å². The van der Waals surface area contributed by atoms with Crippen molar-refractivity contribution in [3.63, 3.8) is 0 Å². The highest BCUT2D eigenvalue weighted by atomic mass is 16.6. The minimum Gasteiger partial charge on any atom is -0.493 e. The number of amides is 1. The number of benzene rings is 3. The van der Waals surface area contributed by atoms with E-state index < -0.39 is 10.8 Å². The molecule has 0 spiro atoms. The maximum Gasteiger partial charge on any atom is 0.286 e. The van der Waals surface area contributed by atoms with Gasteiger partial charge in [-0.3, -0.25) is 19.8 Å². The molecule has 0 saturated heterocycles. The summed E-state index contributed by atoms with van der Waals surface area (Å²) in [5, 5.41) is 19.7. The topological polar surface area (TPSA) is 105 Å². The molecule has 8 nitrogen and oxygen atoms in total. The van der Waals surface area contributed by atoms with E-state index in [1.807, 2.05) is 42.5 Å². The van der Waals surface area contributed by atoms with Crippen molar-refractivity contribution in [3.8, 4) is 11.5 Å². The van der Waals surface area contributed by atoms with Crippen molar-refractivity contribution < 1.29 is 24.3 Å². The summed E-state index contributed by atoms with van der Waals surface area (Å²) in [5.74, 6) is -0.130. The van der Waals surface area contributed by atoms with E-state index in [2.05, 4.69) is 0 Å². The summed E-state index contributed by atoms with van der Waals surface area (Å²) in [4.78, 5) is 26.3. The smallest absolute Gasteiger partial charge is 0.286 e. The lowest BCUT2D eigenvalue weighted by molar-refractivity contribution is -0.385. The highest BCUT2D eigenvalue weighted by Gasteiger charge is 2.38. The van der Waals surface area contributed by atoms with Crippen LogP contribution < -0.4 is 14.4 Å². The first-order chi connectivity index (χ1) is 15.5. The molecule has 4 rings (SSSR count). The van der Waals surface area contributed by atoms with Gasteiger partial charge in [0.25, 0.3) is 11.6 Å². The summed E-state index contributed by atoms with van der Waals surface area (Å²) >= 11 is 0. The second-order valence-electron chi connectivity index (χ2n) is 7.42. The number of fused-ring (bicyclic) bond motifs is 1. The van der Waals surface area contributed by atoms with Crippen LogP contribution in [0.2, 0.25) is 0 Å². The highest BCUT2D eigenvalue weighted by Crippen LogP contribution is 2.39. The van der Waals surface area contributed by atoms with Gasteiger partial charge in [0, 0.05) is 18.2 Å². The number of anilines is 1. The van der Waals surface area contributed by atoms with Gasteiger partial charge in [-0.1, -0.05) is 48.5 Å². The third-order valence-electron chi connectivity index (χ3n) is 5.47. The average molecular weight is 435 g/mol. The number of nitrogens with zero attached hydrogens (tertiary/aromatic N) is 2. The molecule has 1 atom stereocenters. The summed E-state index contributed by atoms with van der Waals surface area (Å²) in [5.41, 5.74) is 2.04. The van der Waals surface area contributed by atoms with E-state index in [0.717, 1.165) is 11.1 Å². The predicted octanol–water partition coefficient (Wildman–Crippen LogP) is 3.48. The Kier molecular flexibility index (Phi) is 6.04. The first-order valence-electron chi connectivity index (χ1n) is 10.1. The van der Waals surface area contributed by atoms with Crippen LogP contribution in [0.15, 0.2) is 66.7 Å². The molecule has 0 saturated carbocycles. The number of hydrogen-bond donors (Lipinski definition) is 0. The Morgan fingerprint density at radius 1 is 1.12 bits per heavy atom. The largest absolute Gasteiger partial charge is 0.493 e. The lowest BCUT2D eigenvalue weighted by atomic mass is 10.1. The van der Waals surface area contributed by atoms with E-state index in [9.17, 15) is 14.9 Å². The standard InChI is InChI=1S/C24H22N2O6/c1-31-22-12-19(24(28)25-18(14-27)11-17-9-5-6-10-20(17)25)21(26(29)30)13-23(22)32-15-16-7-3-2-4-8-16/h2-10,12-13,18,27H,11,14-15H2,1H3/p+1/t18-/m0/s1. The molecule has 8 heteroatoms. The molecule has 0 unspecified atom stereocenters.